The highest BCUT2D eigenvalue weighted by atomic mass is 16.4. The fraction of sp³-hybridized carbons (Fsp3) is 0.346. The van der Waals surface area contributed by atoms with Crippen molar-refractivity contribution in [1.29, 1.82) is 0 Å². The number of nitrogens with zero attached hydrogens (tertiary/aromatic N) is 1. The molecule has 1 N–H and O–H groups in total. The van der Waals surface area contributed by atoms with Crippen LogP contribution in [0, 0.1) is 0 Å². The Balaban J connectivity index is 1.61. The number of carboxylic acid groups (broad SMARTS) is 1. The zero-order valence-electron chi connectivity index (χ0n) is 17.3. The summed E-state index contributed by atoms with van der Waals surface area (Å²) >= 11 is 0. The highest BCUT2D eigenvalue weighted by molar-refractivity contribution is 5.70. The van der Waals surface area contributed by atoms with Gasteiger partial charge in [-0.3, -0.25) is 4.79 Å². The van der Waals surface area contributed by atoms with Gasteiger partial charge in [0.1, 0.15) is 0 Å². The molecule has 3 rings (SSSR count). The van der Waals surface area contributed by atoms with Crippen molar-refractivity contribution < 1.29 is 9.90 Å². The van der Waals surface area contributed by atoms with E-state index in [0.717, 1.165) is 24.8 Å². The van der Waals surface area contributed by atoms with Gasteiger partial charge in [0.2, 0.25) is 0 Å². The van der Waals surface area contributed by atoms with Gasteiger partial charge in [0, 0.05) is 17.6 Å². The molecule has 0 radical (unpaired) electrons. The Kier molecular flexibility index (Phi) is 7.69. The maximum Gasteiger partial charge on any atom is 0.307 e. The third-order valence-electron chi connectivity index (χ3n) is 5.38. The van der Waals surface area contributed by atoms with Gasteiger partial charge in [-0.1, -0.05) is 62.6 Å². The van der Waals surface area contributed by atoms with Gasteiger partial charge in [0.15, 0.2) is 0 Å². The number of aliphatic carboxylic acids is 1. The number of unbranched alkanes of at least 4 members (excludes halogenated alkanes) is 3. The Hall–Kier alpha value is -2.81. The Bertz CT molecular complexity index is 908. The van der Waals surface area contributed by atoms with Crippen molar-refractivity contribution in [3.05, 3.63) is 89.2 Å². The molecule has 2 aromatic carbocycles. The molecule has 1 aromatic heterocycles. The number of hydrogen-bond acceptors (Lipinski definition) is 1. The maximum absolute atomic E-state index is 10.9. The van der Waals surface area contributed by atoms with E-state index in [1.54, 1.807) is 0 Å². The van der Waals surface area contributed by atoms with Crippen LogP contribution in [0.15, 0.2) is 66.9 Å². The monoisotopic (exact) mass is 389 g/mol. The molecule has 0 aliphatic heterocycles. The summed E-state index contributed by atoms with van der Waals surface area (Å²) in [7, 11) is 0. The summed E-state index contributed by atoms with van der Waals surface area (Å²) in [5.74, 6) is -0.787. The molecule has 0 unspecified atom stereocenters. The first-order valence-corrected chi connectivity index (χ1v) is 10.7. The molecule has 0 spiro atoms. The molecule has 3 aromatic rings. The van der Waals surface area contributed by atoms with E-state index >= 15 is 0 Å². The summed E-state index contributed by atoms with van der Waals surface area (Å²) in [5.41, 5.74) is 5.92. The van der Waals surface area contributed by atoms with Crippen LogP contribution in [0.1, 0.15) is 55.0 Å². The number of rotatable bonds is 11. The van der Waals surface area contributed by atoms with E-state index in [2.05, 4.69) is 60.2 Å². The van der Waals surface area contributed by atoms with Crippen molar-refractivity contribution in [3.8, 4) is 5.69 Å². The zero-order chi connectivity index (χ0) is 20.5. The summed E-state index contributed by atoms with van der Waals surface area (Å²) in [6, 6.07) is 21.1. The molecule has 0 aliphatic carbocycles. The van der Waals surface area contributed by atoms with E-state index in [1.807, 2.05) is 18.2 Å². The first-order chi connectivity index (χ1) is 14.2. The first kappa shape index (κ1) is 20.9. The minimum Gasteiger partial charge on any atom is -0.481 e. The summed E-state index contributed by atoms with van der Waals surface area (Å²) in [6.45, 7) is 2.25. The Morgan fingerprint density at radius 1 is 0.828 bits per heavy atom. The van der Waals surface area contributed by atoms with Gasteiger partial charge >= 0.3 is 5.97 Å². The van der Waals surface area contributed by atoms with Gasteiger partial charge in [0.25, 0.3) is 0 Å². The molecule has 0 atom stereocenters. The average Bonchev–Trinajstić information content (AvgIpc) is 3.19. The molecular formula is C26H31NO2. The highest BCUT2D eigenvalue weighted by Crippen LogP contribution is 2.18. The minimum atomic E-state index is -0.787. The van der Waals surface area contributed by atoms with Crippen LogP contribution in [0.3, 0.4) is 0 Å². The fourth-order valence-electron chi connectivity index (χ4n) is 3.79. The van der Waals surface area contributed by atoms with Crippen LogP contribution in [0.2, 0.25) is 0 Å². The quantitative estimate of drug-likeness (QED) is 0.408. The number of hydrogen-bond donors (Lipinski definition) is 1. The summed E-state index contributed by atoms with van der Waals surface area (Å²) in [4.78, 5) is 10.9. The molecule has 29 heavy (non-hydrogen) atoms. The third-order valence-corrected chi connectivity index (χ3v) is 5.38. The van der Waals surface area contributed by atoms with Crippen molar-refractivity contribution in [2.75, 3.05) is 0 Å². The van der Waals surface area contributed by atoms with E-state index in [4.69, 9.17) is 5.11 Å². The molecule has 0 saturated carbocycles. The molecule has 3 nitrogen and oxygen atoms in total. The topological polar surface area (TPSA) is 42.2 Å². The number of aromatic nitrogens is 1. The molecule has 0 fully saturated rings. The van der Waals surface area contributed by atoms with E-state index < -0.39 is 5.97 Å². The molecule has 1 heterocycles. The van der Waals surface area contributed by atoms with Crippen molar-refractivity contribution in [3.63, 3.8) is 0 Å². The fourth-order valence-corrected chi connectivity index (χ4v) is 3.79. The number of benzene rings is 2. The molecule has 0 bridgehead atoms. The van der Waals surface area contributed by atoms with Crippen molar-refractivity contribution in [2.24, 2.45) is 0 Å². The molecule has 0 amide bonds. The molecule has 152 valence electrons. The third kappa shape index (κ3) is 6.35. The molecule has 3 heteroatoms. The lowest BCUT2D eigenvalue weighted by molar-refractivity contribution is -0.136. The van der Waals surface area contributed by atoms with Crippen molar-refractivity contribution >= 4 is 5.97 Å². The van der Waals surface area contributed by atoms with E-state index in [-0.39, 0.29) is 6.42 Å². The summed E-state index contributed by atoms with van der Waals surface area (Å²) in [6.07, 6.45) is 10.3. The number of carboxylic acids is 1. The van der Waals surface area contributed by atoms with Gasteiger partial charge in [-0.05, 0) is 66.6 Å². The zero-order valence-corrected chi connectivity index (χ0v) is 17.3. The van der Waals surface area contributed by atoms with E-state index in [9.17, 15) is 4.79 Å². The predicted molar refractivity (Wildman–Crippen MR) is 119 cm³/mol. The second-order valence-corrected chi connectivity index (χ2v) is 7.74. The van der Waals surface area contributed by atoms with Crippen LogP contribution >= 0.6 is 0 Å². The van der Waals surface area contributed by atoms with Crippen molar-refractivity contribution in [2.45, 2.75) is 58.3 Å². The number of carbonyl (C=O) groups is 1. The number of aryl methyl sites for hydroxylation is 3. The lowest BCUT2D eigenvalue weighted by atomic mass is 10.0. The second kappa shape index (κ2) is 10.7. The first-order valence-electron chi connectivity index (χ1n) is 10.7. The van der Waals surface area contributed by atoms with Crippen LogP contribution in [0.5, 0.6) is 0 Å². The van der Waals surface area contributed by atoms with E-state index in [0.29, 0.717) is 0 Å². The summed E-state index contributed by atoms with van der Waals surface area (Å²) in [5, 5.41) is 8.99. The standard InChI is InChI=1S/C26H31NO2/c1-2-3-4-5-8-21-12-15-25(16-13-21)27-18-7-11-24(27)17-14-22-9-6-10-23(19-22)20-26(28)29/h6-7,9-13,15-16,18-19H,2-5,8,14,17,20H2,1H3,(H,28,29). The van der Waals surface area contributed by atoms with Gasteiger partial charge in [-0.15, -0.1) is 0 Å². The Morgan fingerprint density at radius 2 is 1.62 bits per heavy atom. The van der Waals surface area contributed by atoms with Gasteiger partial charge in [-0.2, -0.15) is 0 Å². The largest absolute Gasteiger partial charge is 0.481 e. The Morgan fingerprint density at radius 3 is 2.38 bits per heavy atom. The molecule has 0 saturated heterocycles. The van der Waals surface area contributed by atoms with Crippen LogP contribution in [0.25, 0.3) is 5.69 Å². The SMILES string of the molecule is CCCCCCc1ccc(-n2cccc2CCc2cccc(CC(=O)O)c2)cc1. The average molecular weight is 390 g/mol. The van der Waals surface area contributed by atoms with E-state index in [1.165, 1.54) is 48.2 Å². The van der Waals surface area contributed by atoms with Gasteiger partial charge in [0.05, 0.1) is 6.42 Å². The van der Waals surface area contributed by atoms with Gasteiger partial charge in [-0.25, -0.2) is 0 Å². The maximum atomic E-state index is 10.9. The lowest BCUT2D eigenvalue weighted by Crippen LogP contribution is -2.03. The smallest absolute Gasteiger partial charge is 0.307 e. The van der Waals surface area contributed by atoms with Crippen molar-refractivity contribution in [1.82, 2.24) is 4.57 Å². The minimum absolute atomic E-state index is 0.0784. The van der Waals surface area contributed by atoms with Crippen LogP contribution in [-0.4, -0.2) is 15.6 Å². The normalized spacial score (nSPS) is 10.9. The highest BCUT2D eigenvalue weighted by Gasteiger charge is 2.06. The second-order valence-electron chi connectivity index (χ2n) is 7.74. The van der Waals surface area contributed by atoms with Crippen LogP contribution < -0.4 is 0 Å². The van der Waals surface area contributed by atoms with Crippen LogP contribution in [0.4, 0.5) is 0 Å². The van der Waals surface area contributed by atoms with Gasteiger partial charge < -0.3 is 9.67 Å². The summed E-state index contributed by atoms with van der Waals surface area (Å²) < 4.78 is 2.25. The predicted octanol–water partition coefficient (Wildman–Crippen LogP) is 6.01. The Labute approximate surface area is 174 Å². The molecular weight excluding hydrogens is 358 g/mol. The molecule has 0 aliphatic rings. The lowest BCUT2D eigenvalue weighted by Gasteiger charge is -2.11. The van der Waals surface area contributed by atoms with Crippen LogP contribution in [-0.2, 0) is 30.5 Å².